The second-order valence-electron chi connectivity index (χ2n) is 5.86. The van der Waals surface area contributed by atoms with Crippen molar-refractivity contribution < 1.29 is 32.2 Å². The van der Waals surface area contributed by atoms with E-state index in [2.05, 4.69) is 4.74 Å². The van der Waals surface area contributed by atoms with Gasteiger partial charge in [0.25, 0.3) is 0 Å². The van der Waals surface area contributed by atoms with Gasteiger partial charge >= 0.3 is 12.5 Å². The average molecular weight is 427 g/mol. The lowest BCUT2D eigenvalue weighted by Gasteiger charge is -2.11. The lowest BCUT2D eigenvalue weighted by molar-refractivity contribution is -0.274. The van der Waals surface area contributed by atoms with E-state index < -0.39 is 24.0 Å². The zero-order chi connectivity index (χ0) is 21.3. The Hall–Kier alpha value is -3.20. The van der Waals surface area contributed by atoms with Crippen molar-refractivity contribution in [2.24, 2.45) is 0 Å². The van der Waals surface area contributed by atoms with Gasteiger partial charge in [-0.3, -0.25) is 4.79 Å². The number of nitrogens with two attached hydrogens (primary N) is 1. The second-order valence-corrected chi connectivity index (χ2v) is 6.30. The molecule has 0 amide bonds. The van der Waals surface area contributed by atoms with Gasteiger partial charge in [-0.1, -0.05) is 11.6 Å². The van der Waals surface area contributed by atoms with E-state index in [4.69, 9.17) is 22.1 Å². The molecular formula is C19H14ClF3N2O4. The molecular weight excluding hydrogens is 413 g/mol. The minimum absolute atomic E-state index is 0.00526. The molecule has 0 saturated heterocycles. The number of benzene rings is 2. The van der Waals surface area contributed by atoms with Gasteiger partial charge in [0.15, 0.2) is 0 Å². The number of alkyl halides is 3. The third-order valence-electron chi connectivity index (χ3n) is 3.99. The smallest absolute Gasteiger partial charge is 0.449 e. The summed E-state index contributed by atoms with van der Waals surface area (Å²) >= 11 is 6.00. The molecule has 3 aromatic rings. The Kier molecular flexibility index (Phi) is 5.43. The molecule has 0 bridgehead atoms. The van der Waals surface area contributed by atoms with Crippen molar-refractivity contribution in [2.45, 2.75) is 13.3 Å². The van der Waals surface area contributed by atoms with Crippen LogP contribution in [0.5, 0.6) is 5.75 Å². The zero-order valence-corrected chi connectivity index (χ0v) is 15.7. The van der Waals surface area contributed by atoms with Crippen molar-refractivity contribution in [3.8, 4) is 5.75 Å². The number of halogens is 4. The van der Waals surface area contributed by atoms with Crippen LogP contribution in [-0.4, -0.2) is 29.4 Å². The summed E-state index contributed by atoms with van der Waals surface area (Å²) in [6, 6.07) is 8.83. The largest absolute Gasteiger partial charge is 0.573 e. The number of nitrogens with zero attached hydrogens (tertiary/aromatic N) is 1. The molecule has 10 heteroatoms. The molecule has 0 aliphatic carbocycles. The van der Waals surface area contributed by atoms with Crippen molar-refractivity contribution in [1.82, 2.24) is 4.57 Å². The number of carbonyl (C=O) groups is 2. The molecule has 1 heterocycles. The fourth-order valence-corrected chi connectivity index (χ4v) is 3.00. The lowest BCUT2D eigenvalue weighted by atomic mass is 10.1. The molecule has 1 aromatic heterocycles. The first kappa shape index (κ1) is 20.5. The Morgan fingerprint density at radius 3 is 2.38 bits per heavy atom. The van der Waals surface area contributed by atoms with E-state index >= 15 is 0 Å². The molecule has 0 atom stereocenters. The quantitative estimate of drug-likeness (QED) is 0.593. The lowest BCUT2D eigenvalue weighted by Crippen LogP contribution is -2.20. The van der Waals surface area contributed by atoms with Crippen LogP contribution in [0.4, 0.5) is 23.7 Å². The van der Waals surface area contributed by atoms with Gasteiger partial charge in [0.1, 0.15) is 11.4 Å². The summed E-state index contributed by atoms with van der Waals surface area (Å²) in [4.78, 5) is 25.5. The Labute approximate surface area is 167 Å². The van der Waals surface area contributed by atoms with Crippen molar-refractivity contribution in [1.29, 1.82) is 0 Å². The molecule has 0 unspecified atom stereocenters. The number of nitrogen functional groups attached to an aromatic ring is 1. The van der Waals surface area contributed by atoms with E-state index in [-0.39, 0.29) is 29.1 Å². The van der Waals surface area contributed by atoms with E-state index in [0.717, 1.165) is 28.8 Å². The minimum atomic E-state index is -4.86. The van der Waals surface area contributed by atoms with E-state index in [1.807, 2.05) is 0 Å². The van der Waals surface area contributed by atoms with Crippen molar-refractivity contribution in [2.75, 3.05) is 12.3 Å². The predicted molar refractivity (Wildman–Crippen MR) is 100 cm³/mol. The molecule has 0 spiro atoms. The molecule has 0 aliphatic heterocycles. The Bertz CT molecular complexity index is 1090. The zero-order valence-electron chi connectivity index (χ0n) is 14.9. The minimum Gasteiger partial charge on any atom is -0.449 e. The maximum absolute atomic E-state index is 13.0. The van der Waals surface area contributed by atoms with Gasteiger partial charge in [-0.05, 0) is 49.4 Å². The van der Waals surface area contributed by atoms with Crippen molar-refractivity contribution in [3.63, 3.8) is 0 Å². The van der Waals surface area contributed by atoms with Crippen LogP contribution in [0, 0.1) is 0 Å². The highest BCUT2D eigenvalue weighted by molar-refractivity contribution is 6.31. The van der Waals surface area contributed by atoms with Gasteiger partial charge < -0.3 is 15.2 Å². The Balaban J connectivity index is 2.11. The number of ketones is 1. The monoisotopic (exact) mass is 426 g/mol. The van der Waals surface area contributed by atoms with Crippen LogP contribution in [-0.2, 0) is 4.74 Å². The van der Waals surface area contributed by atoms with E-state index in [9.17, 15) is 22.8 Å². The first-order valence-corrected chi connectivity index (χ1v) is 8.67. The molecule has 6 nitrogen and oxygen atoms in total. The maximum atomic E-state index is 13.0. The highest BCUT2D eigenvalue weighted by Crippen LogP contribution is 2.33. The summed E-state index contributed by atoms with van der Waals surface area (Å²) in [5, 5.41) is 0.719. The van der Waals surface area contributed by atoms with Crippen molar-refractivity contribution >= 4 is 40.1 Å². The highest BCUT2D eigenvalue weighted by atomic mass is 35.5. The van der Waals surface area contributed by atoms with E-state index in [1.54, 1.807) is 19.1 Å². The summed E-state index contributed by atoms with van der Waals surface area (Å²) in [5.41, 5.74) is 6.23. The van der Waals surface area contributed by atoms with Crippen molar-refractivity contribution in [3.05, 3.63) is 58.7 Å². The Morgan fingerprint density at radius 1 is 1.14 bits per heavy atom. The van der Waals surface area contributed by atoms with Crippen LogP contribution in [0.25, 0.3) is 10.9 Å². The summed E-state index contributed by atoms with van der Waals surface area (Å²) in [7, 11) is 0. The predicted octanol–water partition coefficient (Wildman–Crippen LogP) is 5.01. The topological polar surface area (TPSA) is 83.5 Å². The molecule has 3 rings (SSSR count). The highest BCUT2D eigenvalue weighted by Gasteiger charge is 2.31. The number of hydrogen-bond donors (Lipinski definition) is 1. The van der Waals surface area contributed by atoms with Crippen LogP contribution in [0.1, 0.15) is 23.0 Å². The summed E-state index contributed by atoms with van der Waals surface area (Å²) < 4.78 is 46.7. The molecule has 2 N–H and O–H groups in total. The third kappa shape index (κ3) is 4.14. The van der Waals surface area contributed by atoms with Crippen LogP contribution in [0.2, 0.25) is 5.02 Å². The van der Waals surface area contributed by atoms with Gasteiger partial charge in [0.2, 0.25) is 5.78 Å². The Morgan fingerprint density at radius 2 is 1.79 bits per heavy atom. The first-order valence-electron chi connectivity index (χ1n) is 8.29. The summed E-state index contributed by atoms with van der Waals surface area (Å²) in [6.45, 7) is 1.65. The van der Waals surface area contributed by atoms with Crippen LogP contribution >= 0.6 is 11.6 Å². The third-order valence-corrected chi connectivity index (χ3v) is 4.22. The number of aromatic nitrogens is 1. The van der Waals surface area contributed by atoms with Gasteiger partial charge in [-0.15, -0.1) is 13.2 Å². The van der Waals surface area contributed by atoms with E-state index in [1.165, 1.54) is 6.07 Å². The maximum Gasteiger partial charge on any atom is 0.573 e. The molecule has 0 radical (unpaired) electrons. The van der Waals surface area contributed by atoms with E-state index in [0.29, 0.717) is 10.4 Å². The molecule has 152 valence electrons. The normalized spacial score (nSPS) is 11.5. The number of ether oxygens (including phenoxy) is 2. The number of rotatable bonds is 4. The van der Waals surface area contributed by atoms with Crippen LogP contribution in [0.15, 0.2) is 42.5 Å². The molecule has 0 aliphatic rings. The standard InChI is InChI=1S/C19H14ClF3N2O4/c1-2-28-18(27)25-14-9-11(20)5-8-13(14)15(24)16(25)17(26)10-3-6-12(7-4-10)29-19(21,22)23/h3-9H,2,24H2,1H3. The molecule has 0 saturated carbocycles. The summed E-state index contributed by atoms with van der Waals surface area (Å²) in [6.07, 6.45) is -5.69. The number of anilines is 1. The molecule has 0 fully saturated rings. The molecule has 2 aromatic carbocycles. The number of hydrogen-bond acceptors (Lipinski definition) is 5. The number of fused-ring (bicyclic) bond motifs is 1. The SMILES string of the molecule is CCOC(=O)n1c(C(=O)c2ccc(OC(F)(F)F)cc2)c(N)c2ccc(Cl)cc21. The fraction of sp³-hybridized carbons (Fsp3) is 0.158. The first-order chi connectivity index (χ1) is 13.6. The van der Waals surface area contributed by atoms with Gasteiger partial charge in [-0.25, -0.2) is 9.36 Å². The molecule has 29 heavy (non-hydrogen) atoms. The second kappa shape index (κ2) is 7.67. The average Bonchev–Trinajstić information content (AvgIpc) is 2.92. The summed E-state index contributed by atoms with van der Waals surface area (Å²) in [5.74, 6) is -1.17. The van der Waals surface area contributed by atoms with Crippen LogP contribution in [0.3, 0.4) is 0 Å². The van der Waals surface area contributed by atoms with Gasteiger partial charge in [0.05, 0.1) is 17.8 Å². The van der Waals surface area contributed by atoms with Gasteiger partial charge in [0, 0.05) is 16.0 Å². The number of carbonyl (C=O) groups excluding carboxylic acids is 2. The fourth-order valence-electron chi connectivity index (χ4n) is 2.83. The van der Waals surface area contributed by atoms with Crippen LogP contribution < -0.4 is 10.5 Å². The van der Waals surface area contributed by atoms with Gasteiger partial charge in [-0.2, -0.15) is 0 Å².